The maximum absolute atomic E-state index is 12.8. The van der Waals surface area contributed by atoms with Crippen LogP contribution in [0, 0.1) is 9.62 Å². The zero-order valence-corrected chi connectivity index (χ0v) is 15.3. The topological polar surface area (TPSA) is 57.8 Å². The number of aromatic nitrogens is 2. The predicted molar refractivity (Wildman–Crippen MR) is 103 cm³/mol. The maximum atomic E-state index is 12.8. The van der Waals surface area contributed by atoms with Crippen molar-refractivity contribution in [1.82, 2.24) is 15.5 Å². The lowest BCUT2D eigenvalue weighted by Crippen LogP contribution is -2.36. The van der Waals surface area contributed by atoms with E-state index < -0.39 is 0 Å². The number of halogens is 1. The first-order valence-corrected chi connectivity index (χ1v) is 9.29. The van der Waals surface area contributed by atoms with Gasteiger partial charge in [0.2, 0.25) is 0 Å². The summed E-state index contributed by atoms with van der Waals surface area (Å²) in [6.45, 7) is 0. The van der Waals surface area contributed by atoms with Gasteiger partial charge in [0.25, 0.3) is 5.91 Å². The molecule has 0 radical (unpaired) electrons. The van der Waals surface area contributed by atoms with Crippen molar-refractivity contribution >= 4 is 39.4 Å². The number of rotatable bonds is 4. The lowest BCUT2D eigenvalue weighted by atomic mass is 9.77. The number of nitrogens with one attached hydrogen (secondary N) is 2. The second kappa shape index (κ2) is 6.55. The van der Waals surface area contributed by atoms with Crippen LogP contribution in [0.1, 0.15) is 41.2 Å². The third-order valence-corrected chi connectivity index (χ3v) is 5.66. The van der Waals surface area contributed by atoms with Crippen LogP contribution < -0.4 is 5.32 Å². The standard InChI is InChI=1S/C19H18IN3O/c20-18-15-11-14(9-10-16(15)22-23-18)19(24)21-17(13-7-4-8-13)12-5-2-1-3-6-12/h1-3,5-6,9-11,13,17H,4,7-8H2,(H,21,24)(H,22,23). The Labute approximate surface area is 154 Å². The van der Waals surface area contributed by atoms with Gasteiger partial charge in [0, 0.05) is 10.9 Å². The van der Waals surface area contributed by atoms with Gasteiger partial charge < -0.3 is 5.32 Å². The molecule has 1 aromatic heterocycles. The fraction of sp³-hybridized carbons (Fsp3) is 0.263. The van der Waals surface area contributed by atoms with Crippen molar-refractivity contribution in [3.63, 3.8) is 0 Å². The van der Waals surface area contributed by atoms with E-state index in [9.17, 15) is 4.79 Å². The number of hydrogen-bond donors (Lipinski definition) is 2. The summed E-state index contributed by atoms with van der Waals surface area (Å²) in [5.41, 5.74) is 2.76. The molecular formula is C19H18IN3O. The summed E-state index contributed by atoms with van der Waals surface area (Å²) in [5.74, 6) is 0.517. The van der Waals surface area contributed by atoms with Crippen LogP contribution in [-0.4, -0.2) is 16.1 Å². The molecule has 4 nitrogen and oxygen atoms in total. The normalized spacial score (nSPS) is 15.9. The Bertz CT molecular complexity index is 871. The molecular weight excluding hydrogens is 413 g/mol. The van der Waals surface area contributed by atoms with Gasteiger partial charge in [0.15, 0.2) is 0 Å². The summed E-state index contributed by atoms with van der Waals surface area (Å²) in [4.78, 5) is 12.8. The largest absolute Gasteiger partial charge is 0.345 e. The van der Waals surface area contributed by atoms with Gasteiger partial charge >= 0.3 is 0 Å². The number of amides is 1. The first kappa shape index (κ1) is 15.6. The summed E-state index contributed by atoms with van der Waals surface area (Å²) in [6.07, 6.45) is 3.61. The number of fused-ring (bicyclic) bond motifs is 1. The van der Waals surface area contributed by atoms with Crippen molar-refractivity contribution in [3.8, 4) is 0 Å². The number of H-pyrrole nitrogens is 1. The van der Waals surface area contributed by atoms with Gasteiger partial charge in [-0.05, 0) is 65.1 Å². The zero-order chi connectivity index (χ0) is 16.5. The molecule has 1 aliphatic carbocycles. The third-order valence-electron chi connectivity index (χ3n) is 4.84. The summed E-state index contributed by atoms with van der Waals surface area (Å²) in [5, 5.41) is 11.4. The summed E-state index contributed by atoms with van der Waals surface area (Å²) < 4.78 is 0.954. The van der Waals surface area contributed by atoms with E-state index in [1.165, 1.54) is 24.8 Å². The lowest BCUT2D eigenvalue weighted by Gasteiger charge is -2.34. The number of carbonyl (C=O) groups excluding carboxylic acids is 1. The van der Waals surface area contributed by atoms with Crippen molar-refractivity contribution in [1.29, 1.82) is 0 Å². The van der Waals surface area contributed by atoms with Gasteiger partial charge in [0.05, 0.1) is 11.6 Å². The molecule has 1 amide bonds. The molecule has 1 saturated carbocycles. The molecule has 0 saturated heterocycles. The molecule has 24 heavy (non-hydrogen) atoms. The SMILES string of the molecule is O=C(NC(c1ccccc1)C1CCC1)c1ccc2n[nH]c(I)c2c1. The molecule has 122 valence electrons. The second-order valence-corrected chi connectivity index (χ2v) is 7.40. The molecule has 2 aromatic carbocycles. The summed E-state index contributed by atoms with van der Waals surface area (Å²) >= 11 is 2.20. The van der Waals surface area contributed by atoms with Gasteiger partial charge in [-0.1, -0.05) is 36.8 Å². The molecule has 1 heterocycles. The highest BCUT2D eigenvalue weighted by Crippen LogP contribution is 2.37. The second-order valence-electron chi connectivity index (χ2n) is 6.32. The zero-order valence-electron chi connectivity index (χ0n) is 13.1. The Kier molecular flexibility index (Phi) is 4.26. The predicted octanol–water partition coefficient (Wildman–Crippen LogP) is 4.44. The highest BCUT2D eigenvalue weighted by molar-refractivity contribution is 14.1. The molecule has 1 unspecified atom stereocenters. The third kappa shape index (κ3) is 2.92. The number of carbonyl (C=O) groups is 1. The van der Waals surface area contributed by atoms with Gasteiger partial charge in [0.1, 0.15) is 3.70 Å². The summed E-state index contributed by atoms with van der Waals surface area (Å²) in [7, 11) is 0. The maximum Gasteiger partial charge on any atom is 0.251 e. The van der Waals surface area contributed by atoms with E-state index in [1.807, 2.05) is 36.4 Å². The van der Waals surface area contributed by atoms with Crippen molar-refractivity contribution in [3.05, 3.63) is 63.4 Å². The molecule has 1 fully saturated rings. The quantitative estimate of drug-likeness (QED) is 0.601. The minimum Gasteiger partial charge on any atom is -0.345 e. The average Bonchev–Trinajstić information content (AvgIpc) is 2.94. The highest BCUT2D eigenvalue weighted by atomic mass is 127. The number of aromatic amines is 1. The molecule has 5 heteroatoms. The Morgan fingerprint density at radius 1 is 1.21 bits per heavy atom. The molecule has 1 atom stereocenters. The van der Waals surface area contributed by atoms with Crippen LogP contribution in [0.15, 0.2) is 48.5 Å². The monoisotopic (exact) mass is 431 g/mol. The van der Waals surface area contributed by atoms with Crippen LogP contribution in [0.2, 0.25) is 0 Å². The number of nitrogens with zero attached hydrogens (tertiary/aromatic N) is 1. The van der Waals surface area contributed by atoms with Gasteiger partial charge in [-0.15, -0.1) is 0 Å². The molecule has 2 N–H and O–H groups in total. The van der Waals surface area contributed by atoms with Crippen LogP contribution in [-0.2, 0) is 0 Å². The Hall–Kier alpha value is -1.89. The number of hydrogen-bond acceptors (Lipinski definition) is 2. The van der Waals surface area contributed by atoms with Crippen LogP contribution >= 0.6 is 22.6 Å². The van der Waals surface area contributed by atoms with E-state index >= 15 is 0 Å². The minimum atomic E-state index is -0.0188. The van der Waals surface area contributed by atoms with Gasteiger partial charge in [-0.2, -0.15) is 5.10 Å². The summed E-state index contributed by atoms with van der Waals surface area (Å²) in [6, 6.07) is 16.0. The minimum absolute atomic E-state index is 0.0188. The van der Waals surface area contributed by atoms with Crippen molar-refractivity contribution in [2.75, 3.05) is 0 Å². The molecule has 0 bridgehead atoms. The van der Waals surface area contributed by atoms with Crippen LogP contribution in [0.25, 0.3) is 10.9 Å². The van der Waals surface area contributed by atoms with Gasteiger partial charge in [-0.3, -0.25) is 9.89 Å². The Balaban J connectivity index is 1.61. The lowest BCUT2D eigenvalue weighted by molar-refractivity contribution is 0.0901. The molecule has 0 spiro atoms. The molecule has 3 aromatic rings. The molecule has 0 aliphatic heterocycles. The number of benzene rings is 2. The van der Waals surface area contributed by atoms with Crippen molar-refractivity contribution in [2.24, 2.45) is 5.92 Å². The van der Waals surface area contributed by atoms with E-state index in [2.05, 4.69) is 50.2 Å². The van der Waals surface area contributed by atoms with Crippen LogP contribution in [0.3, 0.4) is 0 Å². The smallest absolute Gasteiger partial charge is 0.251 e. The van der Waals surface area contributed by atoms with Crippen molar-refractivity contribution in [2.45, 2.75) is 25.3 Å². The average molecular weight is 431 g/mol. The van der Waals surface area contributed by atoms with E-state index in [0.29, 0.717) is 11.5 Å². The van der Waals surface area contributed by atoms with E-state index in [1.54, 1.807) is 0 Å². The van der Waals surface area contributed by atoms with Gasteiger partial charge in [-0.25, -0.2) is 0 Å². The molecule has 4 rings (SSSR count). The van der Waals surface area contributed by atoms with Crippen LogP contribution in [0.4, 0.5) is 0 Å². The van der Waals surface area contributed by atoms with E-state index in [-0.39, 0.29) is 11.9 Å². The molecule has 1 aliphatic rings. The van der Waals surface area contributed by atoms with Crippen molar-refractivity contribution < 1.29 is 4.79 Å². The first-order valence-electron chi connectivity index (χ1n) is 8.22. The van der Waals surface area contributed by atoms with E-state index in [0.717, 1.165) is 14.6 Å². The fourth-order valence-electron chi connectivity index (χ4n) is 3.25. The van der Waals surface area contributed by atoms with E-state index in [4.69, 9.17) is 0 Å². The Morgan fingerprint density at radius 2 is 2.00 bits per heavy atom. The fourth-order valence-corrected chi connectivity index (χ4v) is 3.80. The Morgan fingerprint density at radius 3 is 2.71 bits per heavy atom. The highest BCUT2D eigenvalue weighted by Gasteiger charge is 2.30. The van der Waals surface area contributed by atoms with Crippen LogP contribution in [0.5, 0.6) is 0 Å². The first-order chi connectivity index (χ1) is 11.7.